The summed E-state index contributed by atoms with van der Waals surface area (Å²) in [5, 5.41) is 0. The lowest BCUT2D eigenvalue weighted by molar-refractivity contribution is 0.261. The normalized spacial score (nSPS) is 12.0. The van der Waals surface area contributed by atoms with Crippen molar-refractivity contribution >= 4 is 33.7 Å². The van der Waals surface area contributed by atoms with Crippen LogP contribution in [0.5, 0.6) is 5.75 Å². The largest absolute Gasteiger partial charge is 0.492 e. The van der Waals surface area contributed by atoms with Gasteiger partial charge in [-0.2, -0.15) is 0 Å². The second-order valence-corrected chi connectivity index (χ2v) is 8.28. The van der Waals surface area contributed by atoms with Gasteiger partial charge in [0.25, 0.3) is 0 Å². The summed E-state index contributed by atoms with van der Waals surface area (Å²) in [4.78, 5) is 2.13. The molecule has 0 bridgehead atoms. The number of likely N-dealkylation sites (N-methyl/N-ethyl adjacent to an activating group) is 1. The summed E-state index contributed by atoms with van der Waals surface area (Å²) in [5.41, 5.74) is 6.44. The molecule has 3 heteroatoms. The number of nitrogens with zero attached hydrogens (tertiary/aromatic N) is 1. The third-order valence-corrected chi connectivity index (χ3v) is 5.32. The topological polar surface area (TPSA) is 12.5 Å². The van der Waals surface area contributed by atoms with E-state index in [4.69, 9.17) is 4.74 Å². The van der Waals surface area contributed by atoms with Crippen molar-refractivity contribution in [2.75, 3.05) is 31.7 Å². The van der Waals surface area contributed by atoms with E-state index < -0.39 is 0 Å². The van der Waals surface area contributed by atoms with E-state index in [1.165, 1.54) is 27.8 Å². The fraction of sp³-hybridized carbons (Fsp3) is 0.231. The van der Waals surface area contributed by atoms with Gasteiger partial charge in [-0.3, -0.25) is 0 Å². The van der Waals surface area contributed by atoms with Crippen molar-refractivity contribution in [2.45, 2.75) is 6.42 Å². The van der Waals surface area contributed by atoms with Crippen LogP contribution < -0.4 is 4.74 Å². The molecule has 0 atom stereocenters. The molecule has 2 nitrogen and oxygen atoms in total. The molecule has 0 aliphatic heterocycles. The van der Waals surface area contributed by atoms with Gasteiger partial charge in [0, 0.05) is 11.0 Å². The van der Waals surface area contributed by atoms with E-state index >= 15 is 0 Å². The molecule has 0 fully saturated rings. The van der Waals surface area contributed by atoms with Crippen molar-refractivity contribution in [3.8, 4) is 5.75 Å². The average molecular weight is 497 g/mol. The average Bonchev–Trinajstić information content (AvgIpc) is 2.75. The number of allylic oxidation sites excluding steroid dienone is 1. The zero-order valence-corrected chi connectivity index (χ0v) is 19.3. The van der Waals surface area contributed by atoms with Crippen molar-refractivity contribution < 1.29 is 4.74 Å². The Labute approximate surface area is 188 Å². The molecule has 0 N–H and O–H groups in total. The van der Waals surface area contributed by atoms with E-state index in [0.29, 0.717) is 6.61 Å². The SMILES string of the molecule is CN(C)CCOc1ccc(C(=C(CCI)c2ccccc2)c2ccccc2)cc1. The van der Waals surface area contributed by atoms with Crippen molar-refractivity contribution in [2.24, 2.45) is 0 Å². The number of alkyl halides is 1. The maximum Gasteiger partial charge on any atom is 0.119 e. The fourth-order valence-corrected chi connectivity index (χ4v) is 3.87. The van der Waals surface area contributed by atoms with Gasteiger partial charge in [-0.25, -0.2) is 0 Å². The van der Waals surface area contributed by atoms with Gasteiger partial charge in [0.15, 0.2) is 0 Å². The first-order chi connectivity index (χ1) is 14.2. The molecule has 0 saturated carbocycles. The Hall–Kier alpha value is -2.11. The van der Waals surface area contributed by atoms with Crippen molar-refractivity contribution in [1.29, 1.82) is 0 Å². The van der Waals surface area contributed by atoms with Crippen molar-refractivity contribution in [3.05, 3.63) is 102 Å². The summed E-state index contributed by atoms with van der Waals surface area (Å²) >= 11 is 2.47. The van der Waals surface area contributed by atoms with Crippen molar-refractivity contribution in [3.63, 3.8) is 0 Å². The van der Waals surface area contributed by atoms with Crippen LogP contribution in [0, 0.1) is 0 Å². The standard InChI is InChI=1S/C26H28INO/c1-28(2)19-20-29-24-15-13-23(14-16-24)26(22-11-7-4-8-12-22)25(17-18-27)21-9-5-3-6-10-21/h3-16H,17-20H2,1-2H3. The molecule has 0 aromatic heterocycles. The maximum atomic E-state index is 5.89. The molecule has 0 aliphatic carbocycles. The summed E-state index contributed by atoms with van der Waals surface area (Å²) in [7, 11) is 4.11. The lowest BCUT2D eigenvalue weighted by Gasteiger charge is -2.17. The quantitative estimate of drug-likeness (QED) is 0.192. The highest BCUT2D eigenvalue weighted by molar-refractivity contribution is 14.1. The molecule has 0 amide bonds. The van der Waals surface area contributed by atoms with Crippen LogP contribution in [0.2, 0.25) is 0 Å². The van der Waals surface area contributed by atoms with Gasteiger partial charge in [-0.05, 0) is 60.5 Å². The molecule has 3 rings (SSSR count). The molecule has 150 valence electrons. The molecular weight excluding hydrogens is 469 g/mol. The highest BCUT2D eigenvalue weighted by Crippen LogP contribution is 2.35. The van der Waals surface area contributed by atoms with Crippen LogP contribution in [0.25, 0.3) is 11.1 Å². The zero-order chi connectivity index (χ0) is 20.5. The Morgan fingerprint density at radius 1 is 0.759 bits per heavy atom. The van der Waals surface area contributed by atoms with Gasteiger partial charge in [0.2, 0.25) is 0 Å². The lowest BCUT2D eigenvalue weighted by Crippen LogP contribution is -2.19. The fourth-order valence-electron chi connectivity index (χ4n) is 3.33. The number of hydrogen-bond donors (Lipinski definition) is 0. The molecule has 3 aromatic rings. The second-order valence-electron chi connectivity index (χ2n) is 7.20. The smallest absolute Gasteiger partial charge is 0.119 e. The van der Waals surface area contributed by atoms with Crippen LogP contribution in [-0.4, -0.2) is 36.6 Å². The number of hydrogen-bond acceptors (Lipinski definition) is 2. The van der Waals surface area contributed by atoms with Gasteiger partial charge >= 0.3 is 0 Å². The minimum absolute atomic E-state index is 0.692. The van der Waals surface area contributed by atoms with Gasteiger partial charge in [0.1, 0.15) is 12.4 Å². The van der Waals surface area contributed by atoms with Gasteiger partial charge < -0.3 is 9.64 Å². The Balaban J connectivity index is 2.02. The third kappa shape index (κ3) is 6.18. The number of ether oxygens (including phenoxy) is 1. The highest BCUT2D eigenvalue weighted by atomic mass is 127. The molecule has 0 saturated heterocycles. The van der Waals surface area contributed by atoms with Crippen LogP contribution in [0.4, 0.5) is 0 Å². The minimum Gasteiger partial charge on any atom is -0.492 e. The Morgan fingerprint density at radius 2 is 1.31 bits per heavy atom. The highest BCUT2D eigenvalue weighted by Gasteiger charge is 2.14. The molecular formula is C26H28INO. The molecule has 29 heavy (non-hydrogen) atoms. The lowest BCUT2D eigenvalue weighted by atomic mass is 9.88. The summed E-state index contributed by atoms with van der Waals surface area (Å²) in [5.74, 6) is 0.915. The molecule has 0 spiro atoms. The van der Waals surface area contributed by atoms with Crippen LogP contribution in [0.3, 0.4) is 0 Å². The van der Waals surface area contributed by atoms with Gasteiger partial charge in [0.05, 0.1) is 0 Å². The van der Waals surface area contributed by atoms with Crippen LogP contribution >= 0.6 is 22.6 Å². The Bertz CT molecular complexity index is 902. The Kier molecular flexibility index (Phi) is 8.32. The van der Waals surface area contributed by atoms with Gasteiger partial charge in [-0.15, -0.1) is 0 Å². The number of rotatable bonds is 9. The van der Waals surface area contributed by atoms with E-state index in [-0.39, 0.29) is 0 Å². The molecule has 0 heterocycles. The maximum absolute atomic E-state index is 5.89. The first kappa shape index (κ1) is 21.6. The Morgan fingerprint density at radius 3 is 1.86 bits per heavy atom. The summed E-state index contributed by atoms with van der Waals surface area (Å²) in [6, 6.07) is 30.0. The van der Waals surface area contributed by atoms with Crippen LogP contribution in [0.15, 0.2) is 84.9 Å². The predicted molar refractivity (Wildman–Crippen MR) is 133 cm³/mol. The minimum atomic E-state index is 0.692. The summed E-state index contributed by atoms with van der Waals surface area (Å²) in [6.07, 6.45) is 1.02. The van der Waals surface area contributed by atoms with E-state index in [1.54, 1.807) is 0 Å². The van der Waals surface area contributed by atoms with E-state index in [2.05, 4.69) is 127 Å². The first-order valence-corrected chi connectivity index (χ1v) is 11.5. The van der Waals surface area contributed by atoms with E-state index in [0.717, 1.165) is 23.1 Å². The number of halogens is 1. The van der Waals surface area contributed by atoms with Gasteiger partial charge in [-0.1, -0.05) is 95.4 Å². The van der Waals surface area contributed by atoms with E-state index in [9.17, 15) is 0 Å². The molecule has 0 aliphatic rings. The summed E-state index contributed by atoms with van der Waals surface area (Å²) in [6.45, 7) is 1.60. The van der Waals surface area contributed by atoms with Crippen LogP contribution in [0.1, 0.15) is 23.1 Å². The summed E-state index contributed by atoms with van der Waals surface area (Å²) < 4.78 is 6.96. The third-order valence-electron chi connectivity index (χ3n) is 4.78. The van der Waals surface area contributed by atoms with Crippen LogP contribution in [-0.2, 0) is 0 Å². The van der Waals surface area contributed by atoms with Crippen molar-refractivity contribution in [1.82, 2.24) is 4.90 Å². The monoisotopic (exact) mass is 497 g/mol. The molecule has 0 radical (unpaired) electrons. The first-order valence-electron chi connectivity index (χ1n) is 9.97. The van der Waals surface area contributed by atoms with E-state index in [1.807, 2.05) is 0 Å². The molecule has 3 aromatic carbocycles. The zero-order valence-electron chi connectivity index (χ0n) is 17.1. The number of benzene rings is 3. The predicted octanol–water partition coefficient (Wildman–Crippen LogP) is 6.41. The second kappa shape index (κ2) is 11.2. The molecule has 0 unspecified atom stereocenters.